The maximum atomic E-state index is 13.7. The highest BCUT2D eigenvalue weighted by atomic mass is 32.2. The number of fused-ring (bicyclic) bond motifs is 1. The van der Waals surface area contributed by atoms with Gasteiger partial charge >= 0.3 is 6.18 Å². The molecule has 1 N–H and O–H groups in total. The van der Waals surface area contributed by atoms with Gasteiger partial charge in [-0.1, -0.05) is 35.9 Å². The first-order valence-electron chi connectivity index (χ1n) is 9.12. The number of benzene rings is 2. The minimum Gasteiger partial charge on any atom is -0.255 e. The average Bonchev–Trinajstić information content (AvgIpc) is 2.63. The van der Waals surface area contributed by atoms with E-state index in [0.717, 1.165) is 22.7 Å². The minimum atomic E-state index is -4.75. The predicted molar refractivity (Wildman–Crippen MR) is 113 cm³/mol. The summed E-state index contributed by atoms with van der Waals surface area (Å²) in [6.45, 7) is 4.96. The number of alkyl halides is 3. The standard InChI is InChI=1S/C21H21F3N2O2S2/c1-13-10-14(2)20(15(3)11-13)30(27,28)26-18(21(22,23)24)12-29-17-8-4-6-16-7-5-9-25-19(16)17/h4-11,18,26H,12H2,1-3H3. The summed E-state index contributed by atoms with van der Waals surface area (Å²) in [5, 5.41) is 0.803. The van der Waals surface area contributed by atoms with E-state index in [2.05, 4.69) is 4.98 Å². The summed E-state index contributed by atoms with van der Waals surface area (Å²) in [6.07, 6.45) is -3.18. The number of aromatic nitrogens is 1. The van der Waals surface area contributed by atoms with Crippen LogP contribution in [0, 0.1) is 20.8 Å². The van der Waals surface area contributed by atoms with Crippen LogP contribution < -0.4 is 4.72 Å². The van der Waals surface area contributed by atoms with Gasteiger partial charge in [0.05, 0.1) is 10.4 Å². The van der Waals surface area contributed by atoms with Crippen LogP contribution >= 0.6 is 11.8 Å². The number of aryl methyl sites for hydroxylation is 3. The van der Waals surface area contributed by atoms with Gasteiger partial charge in [0.15, 0.2) is 0 Å². The Morgan fingerprint density at radius 1 is 1.07 bits per heavy atom. The van der Waals surface area contributed by atoms with E-state index in [1.165, 1.54) is 0 Å². The summed E-state index contributed by atoms with van der Waals surface area (Å²) in [5.41, 5.74) is 2.24. The summed E-state index contributed by atoms with van der Waals surface area (Å²) < 4.78 is 68.6. The molecule has 0 spiro atoms. The van der Waals surface area contributed by atoms with Crippen molar-refractivity contribution in [1.29, 1.82) is 0 Å². The third kappa shape index (κ3) is 4.96. The fraction of sp³-hybridized carbons (Fsp3) is 0.286. The van der Waals surface area contributed by atoms with Crippen molar-refractivity contribution in [3.8, 4) is 0 Å². The number of nitrogens with one attached hydrogen (secondary N) is 1. The van der Waals surface area contributed by atoms with Gasteiger partial charge in [0.1, 0.15) is 6.04 Å². The molecule has 1 atom stereocenters. The van der Waals surface area contributed by atoms with Gasteiger partial charge < -0.3 is 0 Å². The topological polar surface area (TPSA) is 59.1 Å². The highest BCUT2D eigenvalue weighted by Gasteiger charge is 2.42. The van der Waals surface area contributed by atoms with Crippen molar-refractivity contribution >= 4 is 32.7 Å². The van der Waals surface area contributed by atoms with E-state index >= 15 is 0 Å². The zero-order valence-corrected chi connectivity index (χ0v) is 18.3. The van der Waals surface area contributed by atoms with Crippen LogP contribution in [0.2, 0.25) is 0 Å². The lowest BCUT2D eigenvalue weighted by Crippen LogP contribution is -2.47. The molecular weight excluding hydrogens is 433 g/mol. The van der Waals surface area contributed by atoms with Crippen molar-refractivity contribution in [2.45, 2.75) is 42.8 Å². The van der Waals surface area contributed by atoms with Crippen LogP contribution in [0.4, 0.5) is 13.2 Å². The Bertz CT molecular complexity index is 1150. The number of para-hydroxylation sites is 1. The fourth-order valence-corrected chi connectivity index (χ4v) is 6.28. The highest BCUT2D eigenvalue weighted by Crippen LogP contribution is 2.32. The molecule has 0 radical (unpaired) electrons. The Balaban J connectivity index is 1.89. The van der Waals surface area contributed by atoms with Gasteiger partial charge in [-0.3, -0.25) is 4.98 Å². The molecule has 1 unspecified atom stereocenters. The second-order valence-electron chi connectivity index (χ2n) is 7.09. The van der Waals surface area contributed by atoms with Crippen LogP contribution in [0.1, 0.15) is 16.7 Å². The molecule has 0 aliphatic carbocycles. The number of hydrogen-bond donors (Lipinski definition) is 1. The largest absolute Gasteiger partial charge is 0.405 e. The van der Waals surface area contributed by atoms with Crippen LogP contribution in [-0.2, 0) is 10.0 Å². The van der Waals surface area contributed by atoms with Gasteiger partial charge in [-0.25, -0.2) is 8.42 Å². The fourth-order valence-electron chi connectivity index (χ4n) is 3.40. The smallest absolute Gasteiger partial charge is 0.255 e. The molecular formula is C21H21F3N2O2S2. The first-order valence-corrected chi connectivity index (χ1v) is 11.6. The van der Waals surface area contributed by atoms with E-state index in [1.807, 2.05) is 16.9 Å². The monoisotopic (exact) mass is 454 g/mol. The zero-order valence-electron chi connectivity index (χ0n) is 16.6. The average molecular weight is 455 g/mol. The number of rotatable bonds is 6. The second kappa shape index (κ2) is 8.56. The van der Waals surface area contributed by atoms with Crippen LogP contribution in [0.25, 0.3) is 10.9 Å². The van der Waals surface area contributed by atoms with Crippen molar-refractivity contribution in [3.05, 3.63) is 65.4 Å². The summed E-state index contributed by atoms with van der Waals surface area (Å²) in [7, 11) is -4.37. The molecule has 30 heavy (non-hydrogen) atoms. The van der Waals surface area contributed by atoms with E-state index < -0.39 is 28.0 Å². The molecule has 1 aromatic heterocycles. The predicted octanol–water partition coefficient (Wildman–Crippen LogP) is 5.16. The first-order chi connectivity index (χ1) is 14.0. The molecule has 0 saturated carbocycles. The van der Waals surface area contributed by atoms with Crippen molar-refractivity contribution in [2.75, 3.05) is 5.75 Å². The normalized spacial score (nSPS) is 13.5. The summed E-state index contributed by atoms with van der Waals surface area (Å²) in [4.78, 5) is 4.68. The lowest BCUT2D eigenvalue weighted by atomic mass is 10.1. The van der Waals surface area contributed by atoms with Crippen LogP contribution in [0.3, 0.4) is 0 Å². The summed E-state index contributed by atoms with van der Waals surface area (Å²) in [6, 6.07) is 9.83. The van der Waals surface area contributed by atoms with E-state index in [9.17, 15) is 21.6 Å². The van der Waals surface area contributed by atoms with Crippen molar-refractivity contribution < 1.29 is 21.6 Å². The molecule has 0 aliphatic heterocycles. The Morgan fingerprint density at radius 2 is 1.70 bits per heavy atom. The van der Waals surface area contributed by atoms with Crippen molar-refractivity contribution in [3.63, 3.8) is 0 Å². The number of pyridine rings is 1. The molecule has 0 saturated heterocycles. The van der Waals surface area contributed by atoms with Crippen molar-refractivity contribution in [1.82, 2.24) is 9.71 Å². The van der Waals surface area contributed by atoms with Crippen LogP contribution in [-0.4, -0.2) is 31.4 Å². The van der Waals surface area contributed by atoms with Crippen molar-refractivity contribution in [2.24, 2.45) is 0 Å². The SMILES string of the molecule is Cc1cc(C)c(S(=O)(=O)NC(CSc2cccc3cccnc23)C(F)(F)F)c(C)c1. The zero-order chi connectivity index (χ0) is 22.1. The number of sulfonamides is 1. The maximum absolute atomic E-state index is 13.7. The number of halogens is 3. The molecule has 160 valence electrons. The van der Waals surface area contributed by atoms with Gasteiger partial charge in [0.25, 0.3) is 0 Å². The molecule has 1 heterocycles. The van der Waals surface area contributed by atoms with Crippen LogP contribution in [0.15, 0.2) is 58.5 Å². The second-order valence-corrected chi connectivity index (χ2v) is 9.80. The Morgan fingerprint density at radius 3 is 2.33 bits per heavy atom. The maximum Gasteiger partial charge on any atom is 0.405 e. The van der Waals surface area contributed by atoms with Gasteiger partial charge in [-0.15, -0.1) is 11.8 Å². The van der Waals surface area contributed by atoms with E-state index in [4.69, 9.17) is 0 Å². The Kier molecular flexibility index (Phi) is 6.45. The number of hydrogen-bond acceptors (Lipinski definition) is 4. The van der Waals surface area contributed by atoms with E-state index in [0.29, 0.717) is 21.5 Å². The lowest BCUT2D eigenvalue weighted by Gasteiger charge is -2.23. The lowest BCUT2D eigenvalue weighted by molar-refractivity contribution is -0.145. The van der Waals surface area contributed by atoms with Gasteiger partial charge in [0, 0.05) is 22.2 Å². The van der Waals surface area contributed by atoms with E-state index in [-0.39, 0.29) is 4.90 Å². The number of thioether (sulfide) groups is 1. The van der Waals surface area contributed by atoms with Crippen LogP contribution in [0.5, 0.6) is 0 Å². The molecule has 2 aromatic carbocycles. The summed E-state index contributed by atoms with van der Waals surface area (Å²) in [5.74, 6) is -0.512. The number of nitrogens with zero attached hydrogens (tertiary/aromatic N) is 1. The van der Waals surface area contributed by atoms with Gasteiger partial charge in [-0.2, -0.15) is 17.9 Å². The highest BCUT2D eigenvalue weighted by molar-refractivity contribution is 7.99. The third-order valence-corrected chi connectivity index (χ3v) is 7.48. The minimum absolute atomic E-state index is 0.112. The molecule has 4 nitrogen and oxygen atoms in total. The quantitative estimate of drug-likeness (QED) is 0.523. The molecule has 0 amide bonds. The third-order valence-electron chi connectivity index (χ3n) is 4.57. The Hall–Kier alpha value is -2.10. The Labute approximate surface area is 178 Å². The molecule has 0 aliphatic rings. The van der Waals surface area contributed by atoms with Gasteiger partial charge in [-0.05, 0) is 44.0 Å². The summed E-state index contributed by atoms with van der Waals surface area (Å²) >= 11 is 0.922. The molecule has 3 rings (SSSR count). The van der Waals surface area contributed by atoms with E-state index in [1.54, 1.807) is 57.3 Å². The molecule has 0 bridgehead atoms. The molecule has 3 aromatic rings. The first kappa shape index (κ1) is 22.6. The van der Waals surface area contributed by atoms with Gasteiger partial charge in [0.2, 0.25) is 10.0 Å². The molecule has 0 fully saturated rings. The molecule has 9 heteroatoms.